The number of quaternary nitrogens is 1. The van der Waals surface area contributed by atoms with Gasteiger partial charge in [-0.1, -0.05) is 12.1 Å². The second kappa shape index (κ2) is 7.40. The fraction of sp³-hybridized carbons (Fsp3) is 0.450. The van der Waals surface area contributed by atoms with Gasteiger partial charge in [-0.25, -0.2) is 4.98 Å². The van der Waals surface area contributed by atoms with Crippen molar-refractivity contribution < 1.29 is 9.69 Å². The molecule has 1 unspecified atom stereocenters. The fourth-order valence-electron chi connectivity index (χ4n) is 3.97. The Kier molecular flexibility index (Phi) is 4.97. The maximum atomic E-state index is 12.8. The van der Waals surface area contributed by atoms with Gasteiger partial charge in [0.2, 0.25) is 0 Å². The molecule has 7 heteroatoms. The van der Waals surface area contributed by atoms with Crippen LogP contribution in [0, 0.1) is 13.8 Å². The molecular formula is C20H26N5OS+. The predicted octanol–water partition coefficient (Wildman–Crippen LogP) is 2.40. The summed E-state index contributed by atoms with van der Waals surface area (Å²) < 4.78 is 3.03. The average Bonchev–Trinajstić information content (AvgIpc) is 3.18. The van der Waals surface area contributed by atoms with Gasteiger partial charge in [-0.2, -0.15) is 5.10 Å². The third-order valence-electron chi connectivity index (χ3n) is 5.50. The number of likely N-dealkylation sites (tertiary alicyclic amines) is 1. The van der Waals surface area contributed by atoms with Crippen LogP contribution in [0.1, 0.15) is 41.7 Å². The first-order chi connectivity index (χ1) is 13.0. The van der Waals surface area contributed by atoms with Gasteiger partial charge >= 0.3 is 0 Å². The minimum absolute atomic E-state index is 0.0530. The Hall–Kier alpha value is -2.25. The van der Waals surface area contributed by atoms with E-state index in [0.29, 0.717) is 12.6 Å². The summed E-state index contributed by atoms with van der Waals surface area (Å²) in [6.45, 7) is 5.39. The summed E-state index contributed by atoms with van der Waals surface area (Å²) >= 11 is 1.77. The molecule has 1 aliphatic heterocycles. The van der Waals surface area contributed by atoms with Gasteiger partial charge in [0, 0.05) is 13.5 Å². The molecule has 1 fully saturated rings. The number of aryl methyl sites for hydroxylation is 2. The Bertz CT molecular complexity index is 943. The van der Waals surface area contributed by atoms with Crippen molar-refractivity contribution in [3.05, 3.63) is 40.7 Å². The molecule has 1 saturated heterocycles. The van der Waals surface area contributed by atoms with Crippen molar-refractivity contribution in [2.75, 3.05) is 18.4 Å². The van der Waals surface area contributed by atoms with Crippen molar-refractivity contribution in [1.29, 1.82) is 0 Å². The second-order valence-electron chi connectivity index (χ2n) is 7.37. The largest absolute Gasteiger partial charge is 0.319 e. The van der Waals surface area contributed by atoms with E-state index in [2.05, 4.69) is 28.6 Å². The smallest absolute Gasteiger partial charge is 0.279 e. The number of rotatable bonds is 4. The molecule has 2 aromatic heterocycles. The van der Waals surface area contributed by atoms with Gasteiger partial charge in [-0.3, -0.25) is 9.48 Å². The normalized spacial score (nSPS) is 20.1. The van der Waals surface area contributed by atoms with Crippen LogP contribution in [0.15, 0.2) is 24.3 Å². The first-order valence-corrected chi connectivity index (χ1v) is 10.3. The lowest BCUT2D eigenvalue weighted by atomic mass is 10.0. The minimum atomic E-state index is 0.0530. The summed E-state index contributed by atoms with van der Waals surface area (Å²) in [7, 11) is 1.90. The predicted molar refractivity (Wildman–Crippen MR) is 108 cm³/mol. The number of hydrogen-bond acceptors (Lipinski definition) is 4. The maximum absolute atomic E-state index is 12.8. The lowest BCUT2D eigenvalue weighted by Gasteiger charge is -2.30. The minimum Gasteiger partial charge on any atom is -0.319 e. The molecule has 3 heterocycles. The molecule has 27 heavy (non-hydrogen) atoms. The highest BCUT2D eigenvalue weighted by Gasteiger charge is 2.32. The van der Waals surface area contributed by atoms with Crippen LogP contribution < -0.4 is 10.2 Å². The van der Waals surface area contributed by atoms with Crippen molar-refractivity contribution in [2.24, 2.45) is 7.05 Å². The molecule has 2 atom stereocenters. The standard InChI is InChI=1S/C20H25N5OS/c1-13-19(14(2)24(3)23-13)22-18(26)12-25-11-7-6-9-16(25)20-21-15-8-4-5-10-17(15)27-20/h4-5,8,10,16H,6-7,9,11-12H2,1-3H3,(H,22,26)/p+1/t16-/m1/s1. The molecule has 0 saturated carbocycles. The van der Waals surface area contributed by atoms with E-state index in [0.717, 1.165) is 47.0 Å². The van der Waals surface area contributed by atoms with Crippen molar-refractivity contribution in [2.45, 2.75) is 39.2 Å². The van der Waals surface area contributed by atoms with Crippen LogP contribution in [0.2, 0.25) is 0 Å². The number of nitrogens with zero attached hydrogens (tertiary/aromatic N) is 3. The van der Waals surface area contributed by atoms with Crippen LogP contribution in [0.5, 0.6) is 0 Å². The Morgan fingerprint density at radius 2 is 2.15 bits per heavy atom. The Morgan fingerprint density at radius 3 is 2.89 bits per heavy atom. The summed E-state index contributed by atoms with van der Waals surface area (Å²) in [6, 6.07) is 8.58. The molecule has 4 rings (SSSR count). The molecular weight excluding hydrogens is 358 g/mol. The lowest BCUT2D eigenvalue weighted by Crippen LogP contribution is -3.14. The molecule has 1 amide bonds. The highest BCUT2D eigenvalue weighted by molar-refractivity contribution is 7.18. The Balaban J connectivity index is 1.51. The van der Waals surface area contributed by atoms with Crippen molar-refractivity contribution >= 4 is 33.1 Å². The number of piperidine rings is 1. The zero-order chi connectivity index (χ0) is 19.0. The van der Waals surface area contributed by atoms with Gasteiger partial charge in [-0.05, 0) is 38.8 Å². The zero-order valence-corrected chi connectivity index (χ0v) is 16.9. The van der Waals surface area contributed by atoms with Crippen LogP contribution in [-0.4, -0.2) is 33.8 Å². The highest BCUT2D eigenvalue weighted by atomic mass is 32.1. The molecule has 142 valence electrons. The number of hydrogen-bond donors (Lipinski definition) is 2. The quantitative estimate of drug-likeness (QED) is 0.726. The molecule has 0 bridgehead atoms. The van der Waals surface area contributed by atoms with E-state index in [1.807, 2.05) is 31.6 Å². The van der Waals surface area contributed by atoms with Crippen LogP contribution in [0.3, 0.4) is 0 Å². The summed E-state index contributed by atoms with van der Waals surface area (Å²) in [6.07, 6.45) is 3.45. The molecule has 0 spiro atoms. The lowest BCUT2D eigenvalue weighted by molar-refractivity contribution is -0.929. The number of fused-ring (bicyclic) bond motifs is 1. The molecule has 0 radical (unpaired) electrons. The molecule has 3 aromatic rings. The van der Waals surface area contributed by atoms with Crippen LogP contribution in [0.25, 0.3) is 10.2 Å². The third kappa shape index (κ3) is 3.61. The van der Waals surface area contributed by atoms with Gasteiger partial charge in [-0.15, -0.1) is 11.3 Å². The Morgan fingerprint density at radius 1 is 1.33 bits per heavy atom. The van der Waals surface area contributed by atoms with Gasteiger partial charge in [0.25, 0.3) is 5.91 Å². The zero-order valence-electron chi connectivity index (χ0n) is 16.1. The van der Waals surface area contributed by atoms with Gasteiger partial charge in [0.05, 0.1) is 33.8 Å². The SMILES string of the molecule is Cc1nn(C)c(C)c1NC(=O)C[NH+]1CCCC[C@@H]1c1nc2ccccc2s1. The number of benzene rings is 1. The van der Waals surface area contributed by atoms with Gasteiger partial charge in [0.15, 0.2) is 11.6 Å². The number of thiazole rings is 1. The first-order valence-electron chi connectivity index (χ1n) is 9.53. The topological polar surface area (TPSA) is 64.2 Å². The number of carbonyl (C=O) groups excluding carboxylic acids is 1. The van der Waals surface area contributed by atoms with E-state index >= 15 is 0 Å². The van der Waals surface area contributed by atoms with Crippen LogP contribution in [0.4, 0.5) is 5.69 Å². The molecule has 1 aromatic carbocycles. The fourth-order valence-corrected chi connectivity index (χ4v) is 5.13. The first kappa shape index (κ1) is 18.1. The van der Waals surface area contributed by atoms with E-state index in [-0.39, 0.29) is 5.91 Å². The monoisotopic (exact) mass is 384 g/mol. The van der Waals surface area contributed by atoms with Crippen molar-refractivity contribution in [3.63, 3.8) is 0 Å². The number of anilines is 1. The van der Waals surface area contributed by atoms with Crippen molar-refractivity contribution in [3.8, 4) is 0 Å². The number of carbonyl (C=O) groups is 1. The average molecular weight is 385 g/mol. The Labute approximate surface area is 163 Å². The maximum Gasteiger partial charge on any atom is 0.279 e. The van der Waals surface area contributed by atoms with E-state index in [4.69, 9.17) is 4.98 Å². The number of aromatic nitrogens is 3. The summed E-state index contributed by atoms with van der Waals surface area (Å²) in [5.74, 6) is 0.0530. The van der Waals surface area contributed by atoms with E-state index in [1.54, 1.807) is 11.3 Å². The van der Waals surface area contributed by atoms with E-state index in [9.17, 15) is 4.79 Å². The van der Waals surface area contributed by atoms with Gasteiger partial charge < -0.3 is 10.2 Å². The molecule has 1 aliphatic rings. The number of amides is 1. The third-order valence-corrected chi connectivity index (χ3v) is 6.65. The van der Waals surface area contributed by atoms with Crippen LogP contribution >= 0.6 is 11.3 Å². The number of para-hydroxylation sites is 1. The second-order valence-corrected chi connectivity index (χ2v) is 8.43. The molecule has 2 N–H and O–H groups in total. The van der Waals surface area contributed by atoms with E-state index < -0.39 is 0 Å². The molecule has 0 aliphatic carbocycles. The van der Waals surface area contributed by atoms with Crippen LogP contribution in [-0.2, 0) is 11.8 Å². The summed E-state index contributed by atoms with van der Waals surface area (Å²) in [4.78, 5) is 18.9. The highest BCUT2D eigenvalue weighted by Crippen LogP contribution is 2.28. The van der Waals surface area contributed by atoms with E-state index in [1.165, 1.54) is 16.0 Å². The number of nitrogens with one attached hydrogen (secondary N) is 2. The summed E-state index contributed by atoms with van der Waals surface area (Å²) in [5.41, 5.74) is 3.75. The van der Waals surface area contributed by atoms with Gasteiger partial charge in [0.1, 0.15) is 6.04 Å². The summed E-state index contributed by atoms with van der Waals surface area (Å²) in [5, 5.41) is 8.63. The molecule has 6 nitrogen and oxygen atoms in total. The van der Waals surface area contributed by atoms with Crippen molar-refractivity contribution in [1.82, 2.24) is 14.8 Å².